The number of alkyl halides is 3. The zero-order chi connectivity index (χ0) is 14.0. The van der Waals surface area contributed by atoms with Crippen LogP contribution in [0.5, 0.6) is 0 Å². The molecule has 2 aromatic carbocycles. The van der Waals surface area contributed by atoms with Crippen LogP contribution in [0.4, 0.5) is 13.2 Å². The maximum absolute atomic E-state index is 12.6. The Hall–Kier alpha value is -1.52. The van der Waals surface area contributed by atoms with Crippen molar-refractivity contribution in [3.8, 4) is 11.1 Å². The van der Waals surface area contributed by atoms with Crippen molar-refractivity contribution in [3.05, 3.63) is 58.6 Å². The van der Waals surface area contributed by atoms with E-state index in [1.54, 1.807) is 18.2 Å². The lowest BCUT2D eigenvalue weighted by Crippen LogP contribution is -2.04. The number of hydrogen-bond donors (Lipinski definition) is 1. The predicted molar refractivity (Wildman–Crippen MR) is 67.8 cm³/mol. The normalized spacial score (nSPS) is 11.6. The van der Waals surface area contributed by atoms with E-state index in [1.165, 1.54) is 12.1 Å². The Balaban J connectivity index is 2.48. The highest BCUT2D eigenvalue weighted by Gasteiger charge is 2.30. The highest BCUT2D eigenvalue weighted by molar-refractivity contribution is 6.33. The molecule has 1 nitrogen and oxygen atoms in total. The molecular weight excluding hydrogens is 277 g/mol. The van der Waals surface area contributed by atoms with Gasteiger partial charge in [-0.1, -0.05) is 35.9 Å². The van der Waals surface area contributed by atoms with Gasteiger partial charge in [0.05, 0.1) is 12.2 Å². The summed E-state index contributed by atoms with van der Waals surface area (Å²) in [5.41, 5.74) is 0.794. The first kappa shape index (κ1) is 13.9. The van der Waals surface area contributed by atoms with Gasteiger partial charge in [-0.25, -0.2) is 0 Å². The molecule has 100 valence electrons. The van der Waals surface area contributed by atoms with E-state index < -0.39 is 11.7 Å². The van der Waals surface area contributed by atoms with Gasteiger partial charge >= 0.3 is 6.18 Å². The van der Waals surface area contributed by atoms with Gasteiger partial charge in [-0.05, 0) is 29.3 Å². The Morgan fingerprint density at radius 2 is 1.79 bits per heavy atom. The van der Waals surface area contributed by atoms with Crippen molar-refractivity contribution in [2.24, 2.45) is 0 Å². The van der Waals surface area contributed by atoms with Gasteiger partial charge in [-0.15, -0.1) is 0 Å². The summed E-state index contributed by atoms with van der Waals surface area (Å²) >= 11 is 6.02. The second kappa shape index (κ2) is 5.23. The van der Waals surface area contributed by atoms with Gasteiger partial charge in [0.2, 0.25) is 0 Å². The van der Waals surface area contributed by atoms with Crippen molar-refractivity contribution in [1.82, 2.24) is 0 Å². The summed E-state index contributed by atoms with van der Waals surface area (Å²) in [4.78, 5) is 0. The summed E-state index contributed by atoms with van der Waals surface area (Å²) in [6.07, 6.45) is -4.38. The molecule has 0 atom stereocenters. The fourth-order valence-corrected chi connectivity index (χ4v) is 2.07. The first-order valence-electron chi connectivity index (χ1n) is 5.49. The van der Waals surface area contributed by atoms with Gasteiger partial charge in [0.15, 0.2) is 0 Å². The van der Waals surface area contributed by atoms with Crippen molar-refractivity contribution < 1.29 is 18.3 Å². The smallest absolute Gasteiger partial charge is 0.392 e. The van der Waals surface area contributed by atoms with E-state index in [0.29, 0.717) is 21.7 Å². The van der Waals surface area contributed by atoms with Crippen molar-refractivity contribution >= 4 is 11.6 Å². The molecule has 2 rings (SSSR count). The second-order valence-corrected chi connectivity index (χ2v) is 4.46. The minimum Gasteiger partial charge on any atom is -0.392 e. The van der Waals surface area contributed by atoms with Gasteiger partial charge in [0, 0.05) is 10.6 Å². The monoisotopic (exact) mass is 286 g/mol. The van der Waals surface area contributed by atoms with E-state index >= 15 is 0 Å². The number of benzene rings is 2. The van der Waals surface area contributed by atoms with Crippen LogP contribution in [0.1, 0.15) is 11.1 Å². The summed E-state index contributed by atoms with van der Waals surface area (Å²) < 4.78 is 37.9. The lowest BCUT2D eigenvalue weighted by atomic mass is 10.0. The van der Waals surface area contributed by atoms with Gasteiger partial charge in [0.1, 0.15) is 0 Å². The van der Waals surface area contributed by atoms with E-state index in [-0.39, 0.29) is 6.61 Å². The van der Waals surface area contributed by atoms with Crippen molar-refractivity contribution in [2.75, 3.05) is 0 Å². The molecule has 0 unspecified atom stereocenters. The highest BCUT2D eigenvalue weighted by atomic mass is 35.5. The molecule has 0 saturated carbocycles. The van der Waals surface area contributed by atoms with Gasteiger partial charge < -0.3 is 5.11 Å². The van der Waals surface area contributed by atoms with E-state index in [4.69, 9.17) is 16.7 Å². The molecule has 0 spiro atoms. The SMILES string of the molecule is OCc1ccc(-c2cccc(C(F)(F)F)c2)c(Cl)c1. The number of aliphatic hydroxyl groups excluding tert-OH is 1. The average molecular weight is 287 g/mol. The predicted octanol–water partition coefficient (Wildman–Crippen LogP) is 4.52. The minimum absolute atomic E-state index is 0.164. The van der Waals surface area contributed by atoms with Crippen LogP contribution in [0.15, 0.2) is 42.5 Å². The topological polar surface area (TPSA) is 20.2 Å². The fourth-order valence-electron chi connectivity index (χ4n) is 1.75. The van der Waals surface area contributed by atoms with E-state index in [1.807, 2.05) is 0 Å². The van der Waals surface area contributed by atoms with Crippen LogP contribution in [-0.2, 0) is 12.8 Å². The molecule has 0 heterocycles. The van der Waals surface area contributed by atoms with Crippen molar-refractivity contribution in [3.63, 3.8) is 0 Å². The first-order chi connectivity index (χ1) is 8.91. The zero-order valence-corrected chi connectivity index (χ0v) is 10.5. The van der Waals surface area contributed by atoms with Crippen LogP contribution in [0, 0.1) is 0 Å². The van der Waals surface area contributed by atoms with Crippen molar-refractivity contribution in [2.45, 2.75) is 12.8 Å². The van der Waals surface area contributed by atoms with E-state index in [0.717, 1.165) is 12.1 Å². The third-order valence-corrected chi connectivity index (χ3v) is 3.03. The minimum atomic E-state index is -4.38. The summed E-state index contributed by atoms with van der Waals surface area (Å²) in [5, 5.41) is 9.28. The van der Waals surface area contributed by atoms with Gasteiger partial charge in [-0.2, -0.15) is 13.2 Å². The number of halogens is 4. The Morgan fingerprint density at radius 1 is 1.05 bits per heavy atom. The Labute approximate surface area is 113 Å². The first-order valence-corrected chi connectivity index (χ1v) is 5.86. The molecule has 1 N–H and O–H groups in total. The molecule has 0 aliphatic rings. The maximum atomic E-state index is 12.6. The van der Waals surface area contributed by atoms with E-state index in [9.17, 15) is 13.2 Å². The highest BCUT2D eigenvalue weighted by Crippen LogP contribution is 2.34. The molecule has 5 heteroatoms. The third-order valence-electron chi connectivity index (χ3n) is 2.72. The van der Waals surface area contributed by atoms with Crippen LogP contribution in [0.25, 0.3) is 11.1 Å². The molecule has 0 aliphatic carbocycles. The largest absolute Gasteiger partial charge is 0.416 e. The summed E-state index contributed by atoms with van der Waals surface area (Å²) in [7, 11) is 0. The van der Waals surface area contributed by atoms with Gasteiger partial charge in [0.25, 0.3) is 0 Å². The molecule has 0 aromatic heterocycles. The molecule has 0 fully saturated rings. The van der Waals surface area contributed by atoms with Crippen LogP contribution >= 0.6 is 11.6 Å². The molecule has 0 radical (unpaired) electrons. The zero-order valence-electron chi connectivity index (χ0n) is 9.71. The lowest BCUT2D eigenvalue weighted by molar-refractivity contribution is -0.137. The van der Waals surface area contributed by atoms with Crippen LogP contribution in [0.3, 0.4) is 0 Å². The Morgan fingerprint density at radius 3 is 2.37 bits per heavy atom. The van der Waals surface area contributed by atoms with Crippen LogP contribution in [-0.4, -0.2) is 5.11 Å². The molecule has 0 aliphatic heterocycles. The van der Waals surface area contributed by atoms with Crippen LogP contribution in [0.2, 0.25) is 5.02 Å². The maximum Gasteiger partial charge on any atom is 0.416 e. The molecule has 19 heavy (non-hydrogen) atoms. The molecule has 0 bridgehead atoms. The Bertz CT molecular complexity index is 593. The second-order valence-electron chi connectivity index (χ2n) is 4.05. The number of rotatable bonds is 2. The summed E-state index contributed by atoms with van der Waals surface area (Å²) in [6, 6.07) is 9.74. The Kier molecular flexibility index (Phi) is 3.83. The summed E-state index contributed by atoms with van der Waals surface area (Å²) in [5.74, 6) is 0. The number of hydrogen-bond acceptors (Lipinski definition) is 1. The number of aliphatic hydroxyl groups is 1. The van der Waals surface area contributed by atoms with Gasteiger partial charge in [-0.3, -0.25) is 0 Å². The molecule has 0 saturated heterocycles. The quantitative estimate of drug-likeness (QED) is 0.861. The standard InChI is InChI=1S/C14H10ClF3O/c15-13-6-9(8-19)4-5-12(13)10-2-1-3-11(7-10)14(16,17)18/h1-7,19H,8H2. The third kappa shape index (κ3) is 3.08. The average Bonchev–Trinajstić information content (AvgIpc) is 2.37. The van der Waals surface area contributed by atoms with Crippen LogP contribution < -0.4 is 0 Å². The summed E-state index contributed by atoms with van der Waals surface area (Å²) in [6.45, 7) is -0.164. The van der Waals surface area contributed by atoms with E-state index in [2.05, 4.69) is 0 Å². The molecule has 2 aromatic rings. The molecule has 0 amide bonds. The van der Waals surface area contributed by atoms with Crippen molar-refractivity contribution in [1.29, 1.82) is 0 Å². The fraction of sp³-hybridized carbons (Fsp3) is 0.143. The lowest BCUT2D eigenvalue weighted by Gasteiger charge is -2.10. The molecular formula is C14H10ClF3O.